The summed E-state index contributed by atoms with van der Waals surface area (Å²) in [6.07, 6.45) is 115. The fourth-order valence-corrected chi connectivity index (χ4v) is 31.2. The lowest BCUT2D eigenvalue weighted by atomic mass is 9.78. The van der Waals surface area contributed by atoms with E-state index in [1.54, 1.807) is 0 Å². The maximum atomic E-state index is 12.4. The topological polar surface area (TPSA) is 124 Å². The summed E-state index contributed by atoms with van der Waals surface area (Å²) >= 11 is 8.29. The molecule has 2 rings (SSSR count). The molecule has 2 aromatic rings. The molecule has 0 spiro atoms. The molecule has 0 bridgehead atoms. The van der Waals surface area contributed by atoms with Crippen LogP contribution in [-0.2, 0) is 43.5 Å². The number of benzene rings is 2. The molecule has 0 aliphatic rings. The third-order valence-electron chi connectivity index (χ3n) is 28.4. The molecule has 0 saturated carbocycles. The number of carbonyl (C=O) groups excluding carboxylic acids is 4. The molecule has 0 N–H and O–H groups in total. The van der Waals surface area contributed by atoms with Gasteiger partial charge in [-0.3, -0.25) is 19.2 Å². The van der Waals surface area contributed by atoms with Crippen LogP contribution in [0.15, 0.2) is 48.5 Å². The largest absolute Gasteiger partial charge is 0.466 e. The Morgan fingerprint density at radius 1 is 0.194 bits per heavy atom. The summed E-state index contributed by atoms with van der Waals surface area (Å²) in [5, 5.41) is 0. The monoisotopic (exact) mass is 2050 g/mol. The number of hydrogen-bond acceptors (Lipinski definition) is 14. The van der Waals surface area contributed by atoms with Crippen molar-refractivity contribution in [1.82, 2.24) is 0 Å². The van der Waals surface area contributed by atoms with Crippen LogP contribution in [0, 0.1) is 0 Å². The standard InChI is InChI=1S/C123H226O10P2S4/c1-7-11-15-19-23-27-39-51-63-75-87-107-128-119(124)95-83-71-59-47-35-31-43-55-67-79-91-111-136-134(137-112-92-80-68-56-44-32-36-48-60-72-84-96-120(125)129-108-88-76-64-52-40-28-24-20-16-12-8-2)132-117-103-99-115(100-104-117)123(5,6)116-101-105-118(106-102-116)133-135(138-113-93-81-69-57-45-33-37-49-61-73-85-97-121(126)130-109-89-77-65-53-41-29-25-21-17-13-9-3)139-114-94-82-70-58-46-34-38-50-62-74-86-98-122(127)131-110-90-78-66-54-42-30-26-22-18-14-10-4/h99-106H,7-98,107-114H2,1-6H3. The summed E-state index contributed by atoms with van der Waals surface area (Å²) in [6.45, 7) is 14.8. The van der Waals surface area contributed by atoms with Crippen molar-refractivity contribution in [2.45, 2.75) is 638 Å². The average molecular weight is 2060 g/mol. The Labute approximate surface area is 881 Å². The molecule has 0 aromatic heterocycles. The van der Waals surface area contributed by atoms with Gasteiger partial charge in [-0.1, -0.05) is 599 Å². The predicted octanol–water partition coefficient (Wildman–Crippen LogP) is 44.3. The summed E-state index contributed by atoms with van der Waals surface area (Å²) < 4.78 is 36.3. The molecule has 0 aliphatic carbocycles. The maximum absolute atomic E-state index is 12.4. The molecule has 0 radical (unpaired) electrons. The zero-order valence-electron chi connectivity index (χ0n) is 92.4. The molecule has 0 fully saturated rings. The smallest absolute Gasteiger partial charge is 0.305 e. The van der Waals surface area contributed by atoms with Gasteiger partial charge in [-0.2, -0.15) is 0 Å². The second-order valence-corrected chi connectivity index (χ2v) is 54.6. The van der Waals surface area contributed by atoms with Crippen molar-refractivity contribution in [3.63, 3.8) is 0 Å². The molecule has 0 amide bonds. The van der Waals surface area contributed by atoms with E-state index in [0.717, 1.165) is 112 Å². The van der Waals surface area contributed by atoms with E-state index in [-0.39, 0.29) is 29.3 Å². The molecular weight excluding hydrogens is 1830 g/mol. The Morgan fingerprint density at radius 3 is 0.489 bits per heavy atom. The number of ether oxygens (including phenoxy) is 4. The van der Waals surface area contributed by atoms with E-state index in [2.05, 4.69) is 136 Å². The van der Waals surface area contributed by atoms with Crippen LogP contribution in [0.25, 0.3) is 0 Å². The normalized spacial score (nSPS) is 11.7. The number of esters is 4. The average Bonchev–Trinajstić information content (AvgIpc) is 0.800. The first-order valence-electron chi connectivity index (χ1n) is 60.8. The molecule has 0 heterocycles. The van der Waals surface area contributed by atoms with Crippen molar-refractivity contribution in [2.24, 2.45) is 0 Å². The van der Waals surface area contributed by atoms with Gasteiger partial charge in [0.05, 0.1) is 26.4 Å². The van der Waals surface area contributed by atoms with E-state index in [0.29, 0.717) is 52.1 Å². The number of unbranched alkanes of at least 4 members (excludes halogenated alkanes) is 80. The van der Waals surface area contributed by atoms with Crippen molar-refractivity contribution in [1.29, 1.82) is 0 Å². The molecule has 139 heavy (non-hydrogen) atoms. The highest BCUT2D eigenvalue weighted by Gasteiger charge is 2.25. The van der Waals surface area contributed by atoms with Crippen LogP contribution >= 0.6 is 58.6 Å². The first-order valence-corrected chi connectivity index (χ1v) is 69.7. The second kappa shape index (κ2) is 107. The van der Waals surface area contributed by atoms with Gasteiger partial charge in [-0.05, 0) is 112 Å². The first kappa shape index (κ1) is 133. The zero-order chi connectivity index (χ0) is 99.7. The van der Waals surface area contributed by atoms with Crippen molar-refractivity contribution in [2.75, 3.05) is 49.4 Å². The van der Waals surface area contributed by atoms with E-state index in [1.165, 1.54) is 499 Å². The molecule has 0 atom stereocenters. The number of carbonyl (C=O) groups is 4. The molecule has 812 valence electrons. The van der Waals surface area contributed by atoms with Crippen LogP contribution in [0.2, 0.25) is 0 Å². The van der Waals surface area contributed by atoms with Crippen LogP contribution in [0.3, 0.4) is 0 Å². The van der Waals surface area contributed by atoms with Gasteiger partial charge < -0.3 is 28.0 Å². The van der Waals surface area contributed by atoms with Crippen LogP contribution in [0.1, 0.15) is 643 Å². The Morgan fingerprint density at radius 2 is 0.331 bits per heavy atom. The molecule has 0 aliphatic heterocycles. The Hall–Kier alpha value is -1.82. The highest BCUT2D eigenvalue weighted by molar-refractivity contribution is 8.87. The third kappa shape index (κ3) is 93.2. The van der Waals surface area contributed by atoms with Crippen LogP contribution in [0.4, 0.5) is 0 Å². The minimum Gasteiger partial charge on any atom is -0.466 e. The van der Waals surface area contributed by atoms with Crippen LogP contribution in [-0.4, -0.2) is 73.3 Å². The lowest BCUT2D eigenvalue weighted by Crippen LogP contribution is -2.18. The van der Waals surface area contributed by atoms with Gasteiger partial charge >= 0.3 is 23.9 Å². The van der Waals surface area contributed by atoms with Gasteiger partial charge in [0.1, 0.15) is 11.5 Å². The Balaban J connectivity index is 1.89. The van der Waals surface area contributed by atoms with Gasteiger partial charge in [-0.15, -0.1) is 0 Å². The summed E-state index contributed by atoms with van der Waals surface area (Å²) in [5.74, 6) is 6.61. The van der Waals surface area contributed by atoms with E-state index in [9.17, 15) is 19.2 Å². The summed E-state index contributed by atoms with van der Waals surface area (Å²) in [4.78, 5) is 49.4. The van der Waals surface area contributed by atoms with E-state index in [4.69, 9.17) is 28.0 Å². The second-order valence-electron chi connectivity index (χ2n) is 42.2. The molecule has 0 saturated heterocycles. The minimum absolute atomic E-state index is 0.00593. The molecule has 16 heteroatoms. The van der Waals surface area contributed by atoms with E-state index < -0.39 is 13.1 Å². The highest BCUT2D eigenvalue weighted by Crippen LogP contribution is 2.63. The Bertz CT molecular complexity index is 2550. The van der Waals surface area contributed by atoms with E-state index >= 15 is 0 Å². The predicted molar refractivity (Wildman–Crippen MR) is 621 cm³/mol. The summed E-state index contributed by atoms with van der Waals surface area (Å²) in [6, 6.07) is 18.2. The van der Waals surface area contributed by atoms with Gasteiger partial charge in [0.25, 0.3) is 0 Å². The quantitative estimate of drug-likeness (QED) is 0.0270. The number of rotatable bonds is 114. The van der Waals surface area contributed by atoms with Gasteiger partial charge in [0.2, 0.25) is 13.1 Å². The third-order valence-corrected chi connectivity index (χ3v) is 41.3. The fraction of sp³-hybridized carbons (Fsp3) is 0.870. The zero-order valence-corrected chi connectivity index (χ0v) is 97.5. The van der Waals surface area contributed by atoms with Crippen LogP contribution in [0.5, 0.6) is 11.5 Å². The van der Waals surface area contributed by atoms with Crippen molar-refractivity contribution < 1.29 is 47.2 Å². The minimum atomic E-state index is -0.721. The Kier molecular flexibility index (Phi) is 103. The van der Waals surface area contributed by atoms with Gasteiger partial charge in [-0.25, -0.2) is 0 Å². The lowest BCUT2D eigenvalue weighted by Gasteiger charge is -2.27. The number of hydrogen-bond donors (Lipinski definition) is 0. The van der Waals surface area contributed by atoms with Crippen molar-refractivity contribution >= 4 is 82.5 Å². The molecule has 2 aromatic carbocycles. The maximum Gasteiger partial charge on any atom is 0.305 e. The SMILES string of the molecule is CCCCCCCCCCCCCOC(=O)CCCCCCCCCCCCCSP(Oc1ccc(C(C)(C)c2ccc(OP(SCCCCCCCCCCCCCC(=O)OCCCCCCCCCCCCC)SCCCCCCCCCCCCCC(=O)OCCCCCCCCCCCCC)cc2)cc1)SCCCCCCCCCCCCCC(=O)OCCCCCCCCCCCCC. The fourth-order valence-electron chi connectivity index (χ4n) is 18.9. The van der Waals surface area contributed by atoms with Crippen molar-refractivity contribution in [3.8, 4) is 11.5 Å². The van der Waals surface area contributed by atoms with E-state index in [1.807, 2.05) is 0 Å². The summed E-state index contributed by atoms with van der Waals surface area (Å²) in [5.41, 5.74) is 2.39. The van der Waals surface area contributed by atoms with Gasteiger partial charge in [0.15, 0.2) is 0 Å². The highest BCUT2D eigenvalue weighted by atomic mass is 33.1. The first-order chi connectivity index (χ1) is 68.5. The van der Waals surface area contributed by atoms with Crippen molar-refractivity contribution in [3.05, 3.63) is 59.7 Å². The molecule has 10 nitrogen and oxygen atoms in total. The lowest BCUT2D eigenvalue weighted by molar-refractivity contribution is -0.144. The van der Waals surface area contributed by atoms with Crippen LogP contribution < -0.4 is 9.05 Å². The van der Waals surface area contributed by atoms with Gasteiger partial charge in [0, 0.05) is 54.1 Å². The molecular formula is C123H226O10P2S4. The molecule has 0 unspecified atom stereocenters. The summed E-state index contributed by atoms with van der Waals surface area (Å²) in [7, 11) is 0.